The molecule has 0 saturated carbocycles. The van der Waals surface area contributed by atoms with Gasteiger partial charge in [0.15, 0.2) is 5.13 Å². The Labute approximate surface area is 234 Å². The predicted octanol–water partition coefficient (Wildman–Crippen LogP) is 5.12. The number of hydrogen-bond acceptors (Lipinski definition) is 6. The quantitative estimate of drug-likeness (QED) is 0.307. The lowest BCUT2D eigenvalue weighted by Gasteiger charge is -2.39. The number of thiazole rings is 1. The molecule has 0 atom stereocenters. The van der Waals surface area contributed by atoms with Gasteiger partial charge in [-0.1, -0.05) is 78.4 Å². The fourth-order valence-electron chi connectivity index (χ4n) is 4.87. The van der Waals surface area contributed by atoms with E-state index in [1.54, 1.807) is 24.3 Å². The summed E-state index contributed by atoms with van der Waals surface area (Å²) in [6.07, 6.45) is 0.813. The number of carbonyl (C=O) groups is 1. The van der Waals surface area contributed by atoms with Crippen molar-refractivity contribution >= 4 is 32.4 Å². The van der Waals surface area contributed by atoms with Crippen LogP contribution >= 0.6 is 11.3 Å². The summed E-state index contributed by atoms with van der Waals surface area (Å²) in [7, 11) is -3.70. The molecule has 7 nitrogen and oxygen atoms in total. The van der Waals surface area contributed by atoms with E-state index in [9.17, 15) is 13.2 Å². The maximum atomic E-state index is 13.0. The molecule has 3 aromatic carbocycles. The maximum Gasteiger partial charge on any atom is 0.263 e. The number of benzene rings is 3. The Bertz CT molecular complexity index is 1440. The monoisotopic (exact) mass is 560 g/mol. The van der Waals surface area contributed by atoms with Crippen LogP contribution in [0.25, 0.3) is 0 Å². The second-order valence-electron chi connectivity index (χ2n) is 9.70. The molecule has 4 aromatic rings. The van der Waals surface area contributed by atoms with Crippen molar-refractivity contribution in [2.45, 2.75) is 30.7 Å². The average Bonchev–Trinajstić information content (AvgIpc) is 3.40. The molecule has 1 aromatic heterocycles. The van der Waals surface area contributed by atoms with E-state index in [-0.39, 0.29) is 16.8 Å². The standard InChI is InChI=1S/C30H32N4O3S2/c1-23-12-15-27(16-13-23)39(36,37)32-30-31-26(22-38-30)14-17-28(35)33-18-20-34(21-19-33)29(24-8-4-2-5-9-24)25-10-6-3-7-11-25/h2-13,15-16,22,29H,14,17-21H2,1H3,(H,31,32). The van der Waals surface area contributed by atoms with Gasteiger partial charge in [0.1, 0.15) is 0 Å². The van der Waals surface area contributed by atoms with Gasteiger partial charge in [-0.15, -0.1) is 11.3 Å². The van der Waals surface area contributed by atoms with Gasteiger partial charge < -0.3 is 4.90 Å². The van der Waals surface area contributed by atoms with Crippen LogP contribution in [0.4, 0.5) is 5.13 Å². The summed E-state index contributed by atoms with van der Waals surface area (Å²) >= 11 is 1.23. The zero-order chi connectivity index (χ0) is 27.2. The van der Waals surface area contributed by atoms with Gasteiger partial charge in [0.2, 0.25) is 5.91 Å². The van der Waals surface area contributed by atoms with Gasteiger partial charge in [-0.2, -0.15) is 0 Å². The second kappa shape index (κ2) is 12.1. The first kappa shape index (κ1) is 27.1. The van der Waals surface area contributed by atoms with E-state index in [0.717, 1.165) is 18.7 Å². The molecule has 202 valence electrons. The predicted molar refractivity (Wildman–Crippen MR) is 155 cm³/mol. The molecule has 1 aliphatic rings. The molecule has 1 N–H and O–H groups in total. The maximum absolute atomic E-state index is 13.0. The molecule has 1 fully saturated rings. The largest absolute Gasteiger partial charge is 0.340 e. The third-order valence-corrected chi connectivity index (χ3v) is 9.25. The Kier molecular flexibility index (Phi) is 8.40. The minimum Gasteiger partial charge on any atom is -0.340 e. The van der Waals surface area contributed by atoms with Crippen LogP contribution in [-0.4, -0.2) is 55.3 Å². The van der Waals surface area contributed by atoms with Crippen molar-refractivity contribution < 1.29 is 13.2 Å². The van der Waals surface area contributed by atoms with Crippen molar-refractivity contribution in [2.75, 3.05) is 30.9 Å². The number of nitrogens with zero attached hydrogens (tertiary/aromatic N) is 3. The summed E-state index contributed by atoms with van der Waals surface area (Å²) in [6, 6.07) is 27.8. The first-order valence-electron chi connectivity index (χ1n) is 13.0. The Morgan fingerprint density at radius 3 is 2.08 bits per heavy atom. The van der Waals surface area contributed by atoms with Gasteiger partial charge in [-0.25, -0.2) is 13.4 Å². The molecule has 1 aliphatic heterocycles. The summed E-state index contributed by atoms with van der Waals surface area (Å²) in [5.41, 5.74) is 4.20. The lowest BCUT2D eigenvalue weighted by Crippen LogP contribution is -2.49. The smallest absolute Gasteiger partial charge is 0.263 e. The number of hydrogen-bond donors (Lipinski definition) is 1. The van der Waals surface area contributed by atoms with Crippen molar-refractivity contribution in [3.05, 3.63) is 113 Å². The van der Waals surface area contributed by atoms with Gasteiger partial charge in [-0.05, 0) is 36.6 Å². The Hall–Kier alpha value is -3.53. The molecule has 1 saturated heterocycles. The minimum atomic E-state index is -3.70. The first-order valence-corrected chi connectivity index (χ1v) is 15.4. The van der Waals surface area contributed by atoms with Crippen molar-refractivity contribution in [1.82, 2.24) is 14.8 Å². The fraction of sp³-hybridized carbons (Fsp3) is 0.267. The van der Waals surface area contributed by atoms with Crippen LogP contribution in [0.5, 0.6) is 0 Å². The molecule has 2 heterocycles. The number of sulfonamides is 1. The zero-order valence-corrected chi connectivity index (χ0v) is 23.5. The normalized spacial score (nSPS) is 14.5. The highest BCUT2D eigenvalue weighted by Crippen LogP contribution is 2.29. The molecular formula is C30H32N4O3S2. The van der Waals surface area contributed by atoms with Crippen molar-refractivity contribution in [3.63, 3.8) is 0 Å². The molecule has 39 heavy (non-hydrogen) atoms. The average molecular weight is 561 g/mol. The minimum absolute atomic E-state index is 0.0976. The fourth-order valence-corrected chi connectivity index (χ4v) is 6.86. The summed E-state index contributed by atoms with van der Waals surface area (Å²) in [6.45, 7) is 4.84. The van der Waals surface area contributed by atoms with Crippen LogP contribution in [0.2, 0.25) is 0 Å². The number of piperazine rings is 1. The van der Waals surface area contributed by atoms with Crippen LogP contribution in [0.1, 0.15) is 34.8 Å². The van der Waals surface area contributed by atoms with E-state index < -0.39 is 10.0 Å². The van der Waals surface area contributed by atoms with E-state index in [1.165, 1.54) is 22.5 Å². The van der Waals surface area contributed by atoms with E-state index in [2.05, 4.69) is 63.1 Å². The van der Waals surface area contributed by atoms with Gasteiger partial charge in [0.05, 0.1) is 16.6 Å². The third kappa shape index (κ3) is 6.73. The van der Waals surface area contributed by atoms with Crippen LogP contribution < -0.4 is 4.72 Å². The lowest BCUT2D eigenvalue weighted by molar-refractivity contribution is -0.133. The molecule has 0 unspecified atom stereocenters. The van der Waals surface area contributed by atoms with Crippen LogP contribution in [-0.2, 0) is 21.2 Å². The number of rotatable bonds is 9. The Morgan fingerprint density at radius 1 is 0.897 bits per heavy atom. The molecular weight excluding hydrogens is 528 g/mol. The van der Waals surface area contributed by atoms with Gasteiger partial charge in [0, 0.05) is 38.0 Å². The Morgan fingerprint density at radius 2 is 1.49 bits per heavy atom. The SMILES string of the molecule is Cc1ccc(S(=O)(=O)Nc2nc(CCC(=O)N3CCN(C(c4ccccc4)c4ccccc4)CC3)cs2)cc1. The van der Waals surface area contributed by atoms with Crippen LogP contribution in [0.15, 0.2) is 95.2 Å². The molecule has 0 aliphatic carbocycles. The highest BCUT2D eigenvalue weighted by atomic mass is 32.2. The van der Waals surface area contributed by atoms with Gasteiger partial charge in [0.25, 0.3) is 10.0 Å². The highest BCUT2D eigenvalue weighted by molar-refractivity contribution is 7.93. The summed E-state index contributed by atoms with van der Waals surface area (Å²) in [4.78, 5) is 22.0. The zero-order valence-electron chi connectivity index (χ0n) is 21.9. The number of nitrogens with one attached hydrogen (secondary N) is 1. The van der Waals surface area contributed by atoms with E-state index >= 15 is 0 Å². The molecule has 0 bridgehead atoms. The first-order chi connectivity index (χ1) is 18.9. The van der Waals surface area contributed by atoms with Crippen LogP contribution in [0, 0.1) is 6.92 Å². The van der Waals surface area contributed by atoms with Crippen molar-refractivity contribution in [1.29, 1.82) is 0 Å². The highest BCUT2D eigenvalue weighted by Gasteiger charge is 2.28. The van der Waals surface area contributed by atoms with Gasteiger partial charge >= 0.3 is 0 Å². The molecule has 9 heteroatoms. The van der Waals surface area contributed by atoms with Crippen molar-refractivity contribution in [2.24, 2.45) is 0 Å². The number of carbonyl (C=O) groups excluding carboxylic acids is 1. The molecule has 0 spiro atoms. The van der Waals surface area contributed by atoms with Crippen LogP contribution in [0.3, 0.4) is 0 Å². The number of amides is 1. The number of aromatic nitrogens is 1. The van der Waals surface area contributed by atoms with Crippen molar-refractivity contribution in [3.8, 4) is 0 Å². The molecule has 1 amide bonds. The van der Waals surface area contributed by atoms with Gasteiger partial charge in [-0.3, -0.25) is 14.4 Å². The Balaban J connectivity index is 1.15. The summed E-state index contributed by atoms with van der Waals surface area (Å²) in [5.74, 6) is 0.0976. The van der Waals surface area contributed by atoms with E-state index in [1.807, 2.05) is 29.3 Å². The molecule has 5 rings (SSSR count). The van der Waals surface area contributed by atoms with E-state index in [0.29, 0.717) is 36.8 Å². The van der Waals surface area contributed by atoms with E-state index in [4.69, 9.17) is 0 Å². The second-order valence-corrected chi connectivity index (χ2v) is 12.2. The third-order valence-electron chi connectivity index (χ3n) is 6.96. The topological polar surface area (TPSA) is 82.6 Å². The summed E-state index contributed by atoms with van der Waals surface area (Å²) < 4.78 is 27.8. The number of anilines is 1. The number of aryl methyl sites for hydroxylation is 2. The summed E-state index contributed by atoms with van der Waals surface area (Å²) in [5, 5.41) is 2.11. The lowest BCUT2D eigenvalue weighted by atomic mass is 9.96. The molecule has 0 radical (unpaired) electrons.